The van der Waals surface area contributed by atoms with Gasteiger partial charge in [0.1, 0.15) is 5.92 Å². The summed E-state index contributed by atoms with van der Waals surface area (Å²) in [5.74, 6) is -1.17. The maximum Gasteiger partial charge on any atom is 0.432 e. The maximum absolute atomic E-state index is 12.5. The number of nitrogens with zero attached hydrogens (tertiary/aromatic N) is 2. The standard InChI is InChI=1S/C12H18F3N3/c1-2-3-4-5-6-7-10-9(8-16)11(18-17-10)12(13,14)15/h9-10,17H,2-7H2,1H3. The summed E-state index contributed by atoms with van der Waals surface area (Å²) >= 11 is 0. The minimum Gasteiger partial charge on any atom is -0.305 e. The van der Waals surface area contributed by atoms with Crippen molar-refractivity contribution in [3.05, 3.63) is 0 Å². The SMILES string of the molecule is CCCCCCCC1NN=C(C(F)(F)F)C1C#N. The normalized spacial score (nSPS) is 23.4. The zero-order valence-electron chi connectivity index (χ0n) is 10.4. The van der Waals surface area contributed by atoms with E-state index < -0.39 is 23.8 Å². The number of halogens is 3. The van der Waals surface area contributed by atoms with E-state index in [0.29, 0.717) is 6.42 Å². The van der Waals surface area contributed by atoms with Crippen LogP contribution in [0.1, 0.15) is 45.4 Å². The van der Waals surface area contributed by atoms with E-state index in [1.165, 1.54) is 0 Å². The first-order chi connectivity index (χ1) is 8.50. The molecular weight excluding hydrogens is 243 g/mol. The second-order valence-electron chi connectivity index (χ2n) is 4.54. The lowest BCUT2D eigenvalue weighted by molar-refractivity contribution is -0.0614. The van der Waals surface area contributed by atoms with E-state index in [1.54, 1.807) is 6.07 Å². The molecule has 1 aliphatic rings. The predicted molar refractivity (Wildman–Crippen MR) is 62.9 cm³/mol. The van der Waals surface area contributed by atoms with Crippen LogP contribution in [-0.4, -0.2) is 17.9 Å². The van der Waals surface area contributed by atoms with Gasteiger partial charge in [-0.05, 0) is 6.42 Å². The molecule has 3 nitrogen and oxygen atoms in total. The zero-order valence-corrected chi connectivity index (χ0v) is 10.4. The lowest BCUT2D eigenvalue weighted by atomic mass is 9.93. The van der Waals surface area contributed by atoms with Crippen LogP contribution in [0.4, 0.5) is 13.2 Å². The number of alkyl halides is 3. The third kappa shape index (κ3) is 3.90. The lowest BCUT2D eigenvalue weighted by Crippen LogP contribution is -2.34. The van der Waals surface area contributed by atoms with Crippen LogP contribution in [0.2, 0.25) is 0 Å². The molecule has 0 aromatic heterocycles. The van der Waals surface area contributed by atoms with Crippen LogP contribution >= 0.6 is 0 Å². The Bertz CT molecular complexity index is 330. The van der Waals surface area contributed by atoms with E-state index in [1.807, 2.05) is 0 Å². The van der Waals surface area contributed by atoms with Gasteiger partial charge in [-0.15, -0.1) is 0 Å². The summed E-state index contributed by atoms with van der Waals surface area (Å²) in [6.07, 6.45) is 1.23. The summed E-state index contributed by atoms with van der Waals surface area (Å²) in [5.41, 5.74) is 1.47. The van der Waals surface area contributed by atoms with E-state index in [4.69, 9.17) is 5.26 Å². The maximum atomic E-state index is 12.5. The van der Waals surface area contributed by atoms with Crippen LogP contribution in [0.15, 0.2) is 5.10 Å². The number of unbranched alkanes of at least 4 members (excludes halogenated alkanes) is 4. The van der Waals surface area contributed by atoms with Crippen molar-refractivity contribution in [1.29, 1.82) is 5.26 Å². The van der Waals surface area contributed by atoms with Crippen LogP contribution in [-0.2, 0) is 0 Å². The molecule has 0 aromatic carbocycles. The molecule has 102 valence electrons. The zero-order chi connectivity index (χ0) is 13.6. The van der Waals surface area contributed by atoms with Gasteiger partial charge in [0.15, 0.2) is 5.71 Å². The first-order valence-corrected chi connectivity index (χ1v) is 6.30. The average Bonchev–Trinajstić information content (AvgIpc) is 2.71. The average molecular weight is 261 g/mol. The molecule has 0 bridgehead atoms. The monoisotopic (exact) mass is 261 g/mol. The van der Waals surface area contributed by atoms with E-state index in [0.717, 1.165) is 32.1 Å². The van der Waals surface area contributed by atoms with Crippen molar-refractivity contribution in [3.8, 4) is 6.07 Å². The molecule has 2 atom stereocenters. The van der Waals surface area contributed by atoms with Crippen molar-refractivity contribution in [3.63, 3.8) is 0 Å². The third-order valence-corrected chi connectivity index (χ3v) is 3.10. The fourth-order valence-corrected chi connectivity index (χ4v) is 2.08. The summed E-state index contributed by atoms with van der Waals surface area (Å²) in [4.78, 5) is 0. The molecule has 0 saturated carbocycles. The molecule has 0 amide bonds. The van der Waals surface area contributed by atoms with Crippen LogP contribution in [0.5, 0.6) is 0 Å². The Labute approximate surface area is 105 Å². The van der Waals surface area contributed by atoms with Gasteiger partial charge in [0.25, 0.3) is 0 Å². The molecule has 0 fully saturated rings. The molecular formula is C12H18F3N3. The molecule has 0 aliphatic carbocycles. The molecule has 1 N–H and O–H groups in total. The molecule has 1 rings (SSSR count). The minimum absolute atomic E-state index is 0.492. The first-order valence-electron chi connectivity index (χ1n) is 6.30. The number of rotatable bonds is 6. The quantitative estimate of drug-likeness (QED) is 0.745. The van der Waals surface area contributed by atoms with E-state index in [2.05, 4.69) is 17.5 Å². The van der Waals surface area contributed by atoms with Gasteiger partial charge in [0.05, 0.1) is 12.1 Å². The molecule has 2 unspecified atom stereocenters. The summed E-state index contributed by atoms with van der Waals surface area (Å²) in [5, 5.41) is 12.1. The highest BCUT2D eigenvalue weighted by Crippen LogP contribution is 2.29. The van der Waals surface area contributed by atoms with Gasteiger partial charge in [0.2, 0.25) is 0 Å². The Morgan fingerprint density at radius 2 is 1.94 bits per heavy atom. The highest BCUT2D eigenvalue weighted by molar-refractivity contribution is 5.95. The van der Waals surface area contributed by atoms with Gasteiger partial charge in [-0.2, -0.15) is 23.5 Å². The Balaban J connectivity index is 2.40. The molecule has 0 radical (unpaired) electrons. The summed E-state index contributed by atoms with van der Waals surface area (Å²) in [6.45, 7) is 2.10. The fraction of sp³-hybridized carbons (Fsp3) is 0.833. The first kappa shape index (κ1) is 14.8. The fourth-order valence-electron chi connectivity index (χ4n) is 2.08. The van der Waals surface area contributed by atoms with Crippen molar-refractivity contribution < 1.29 is 13.2 Å². The Morgan fingerprint density at radius 1 is 1.28 bits per heavy atom. The second-order valence-corrected chi connectivity index (χ2v) is 4.54. The number of hydrogen-bond donors (Lipinski definition) is 1. The molecule has 0 aromatic rings. The number of nitriles is 1. The van der Waals surface area contributed by atoms with Crippen molar-refractivity contribution in [2.24, 2.45) is 11.0 Å². The lowest BCUT2D eigenvalue weighted by Gasteiger charge is -2.15. The van der Waals surface area contributed by atoms with Crippen molar-refractivity contribution in [2.75, 3.05) is 0 Å². The van der Waals surface area contributed by atoms with Gasteiger partial charge < -0.3 is 5.43 Å². The van der Waals surface area contributed by atoms with Gasteiger partial charge in [-0.25, -0.2) is 0 Å². The van der Waals surface area contributed by atoms with Crippen molar-refractivity contribution >= 4 is 5.71 Å². The molecule has 1 heterocycles. The molecule has 6 heteroatoms. The Hall–Kier alpha value is -1.25. The van der Waals surface area contributed by atoms with Crippen LogP contribution in [0, 0.1) is 17.2 Å². The van der Waals surface area contributed by atoms with Gasteiger partial charge in [-0.1, -0.05) is 39.0 Å². The smallest absolute Gasteiger partial charge is 0.305 e. The van der Waals surface area contributed by atoms with Crippen LogP contribution in [0.25, 0.3) is 0 Å². The van der Waals surface area contributed by atoms with Crippen LogP contribution < -0.4 is 5.43 Å². The molecule has 1 aliphatic heterocycles. The predicted octanol–water partition coefficient (Wildman–Crippen LogP) is 3.38. The van der Waals surface area contributed by atoms with E-state index in [-0.39, 0.29) is 0 Å². The summed E-state index contributed by atoms with van der Waals surface area (Å²) < 4.78 is 37.6. The summed E-state index contributed by atoms with van der Waals surface area (Å²) in [7, 11) is 0. The summed E-state index contributed by atoms with van der Waals surface area (Å²) in [6, 6.07) is 1.22. The Morgan fingerprint density at radius 3 is 2.50 bits per heavy atom. The molecule has 18 heavy (non-hydrogen) atoms. The second kappa shape index (κ2) is 6.62. The van der Waals surface area contributed by atoms with Gasteiger partial charge >= 0.3 is 6.18 Å². The molecule has 0 saturated heterocycles. The largest absolute Gasteiger partial charge is 0.432 e. The van der Waals surface area contributed by atoms with Crippen molar-refractivity contribution in [2.45, 2.75) is 57.7 Å². The molecule has 0 spiro atoms. The van der Waals surface area contributed by atoms with Crippen LogP contribution in [0.3, 0.4) is 0 Å². The van der Waals surface area contributed by atoms with Crippen molar-refractivity contribution in [1.82, 2.24) is 5.43 Å². The van der Waals surface area contributed by atoms with E-state index in [9.17, 15) is 13.2 Å². The van der Waals surface area contributed by atoms with Gasteiger partial charge in [-0.3, -0.25) is 0 Å². The number of nitrogens with one attached hydrogen (secondary N) is 1. The number of hydrogen-bond acceptors (Lipinski definition) is 3. The topological polar surface area (TPSA) is 48.2 Å². The highest BCUT2D eigenvalue weighted by atomic mass is 19.4. The number of hydrazone groups is 1. The third-order valence-electron chi connectivity index (χ3n) is 3.10. The van der Waals surface area contributed by atoms with Gasteiger partial charge in [0, 0.05) is 0 Å². The Kier molecular flexibility index (Phi) is 5.45. The van der Waals surface area contributed by atoms with E-state index >= 15 is 0 Å². The minimum atomic E-state index is -4.51. The highest BCUT2D eigenvalue weighted by Gasteiger charge is 2.47.